The van der Waals surface area contributed by atoms with Crippen molar-refractivity contribution in [3.05, 3.63) is 29.8 Å². The average Bonchev–Trinajstić information content (AvgIpc) is 2.85. The summed E-state index contributed by atoms with van der Waals surface area (Å²) in [4.78, 5) is 18.9. The van der Waals surface area contributed by atoms with Crippen LogP contribution in [0.15, 0.2) is 34.2 Å². The fourth-order valence-corrected chi connectivity index (χ4v) is 4.67. The lowest BCUT2D eigenvalue weighted by Gasteiger charge is -2.42. The lowest BCUT2D eigenvalue weighted by molar-refractivity contribution is -0.134. The first-order valence-electron chi connectivity index (χ1n) is 8.91. The van der Waals surface area contributed by atoms with Crippen molar-refractivity contribution in [2.45, 2.75) is 44.0 Å². The number of nitrogens with zero attached hydrogens (tertiary/aromatic N) is 2. The number of aliphatic imine (C=N–C) groups is 1. The molecule has 1 amide bonds. The minimum Gasteiger partial charge on any atom is -0.342 e. The minimum absolute atomic E-state index is 0.0695. The average molecular weight is 378 g/mol. The molecule has 26 heavy (non-hydrogen) atoms. The molecule has 3 rings (SSSR count). The van der Waals surface area contributed by atoms with E-state index in [1.807, 2.05) is 4.90 Å². The Morgan fingerprint density at radius 2 is 2.12 bits per heavy atom. The number of carbonyl (C=O) groups is 1. The van der Waals surface area contributed by atoms with Crippen molar-refractivity contribution in [3.8, 4) is 0 Å². The van der Waals surface area contributed by atoms with Gasteiger partial charge in [0.2, 0.25) is 5.91 Å². The number of likely N-dealkylation sites (tertiary alicyclic amines) is 1. The van der Waals surface area contributed by atoms with Gasteiger partial charge in [0.05, 0.1) is 4.90 Å². The standard InChI is InChI=1S/C18H26N4O3S/c1-18(2)12-22(11-9-15(18)19)16(23)8-5-10-20-17-13-6-3-4-7-14(13)26(24,25)21-17/h3-4,6-7,15H,5,8-12,19H2,1-2H3,(H,20,21). The quantitative estimate of drug-likeness (QED) is 0.765. The molecule has 2 aliphatic rings. The zero-order valence-corrected chi connectivity index (χ0v) is 16.1. The molecule has 2 aliphatic heterocycles. The molecule has 1 aromatic rings. The molecule has 7 nitrogen and oxygen atoms in total. The highest BCUT2D eigenvalue weighted by atomic mass is 32.2. The van der Waals surface area contributed by atoms with Gasteiger partial charge in [0.1, 0.15) is 5.84 Å². The molecular weight excluding hydrogens is 352 g/mol. The van der Waals surface area contributed by atoms with E-state index in [1.165, 1.54) is 0 Å². The van der Waals surface area contributed by atoms with Crippen LogP contribution in [0.3, 0.4) is 0 Å². The number of fused-ring (bicyclic) bond motifs is 1. The number of sulfonamides is 1. The molecule has 0 spiro atoms. The van der Waals surface area contributed by atoms with E-state index in [2.05, 4.69) is 23.6 Å². The zero-order chi connectivity index (χ0) is 18.9. The molecular formula is C18H26N4O3S. The summed E-state index contributed by atoms with van der Waals surface area (Å²) in [5.41, 5.74) is 6.63. The Morgan fingerprint density at radius 3 is 2.85 bits per heavy atom. The van der Waals surface area contributed by atoms with E-state index < -0.39 is 10.0 Å². The SMILES string of the molecule is CC1(C)CN(C(=O)CCCN=C2NS(=O)(=O)c3ccccc32)CCC1N. The molecule has 1 unspecified atom stereocenters. The third kappa shape index (κ3) is 3.76. The molecule has 1 aromatic carbocycles. The first-order valence-corrected chi connectivity index (χ1v) is 10.4. The second-order valence-electron chi connectivity index (χ2n) is 7.63. The summed E-state index contributed by atoms with van der Waals surface area (Å²) in [5, 5.41) is 0. The van der Waals surface area contributed by atoms with Gasteiger partial charge in [-0.2, -0.15) is 0 Å². The Labute approximate surface area is 154 Å². The van der Waals surface area contributed by atoms with Gasteiger partial charge in [-0.25, -0.2) is 8.42 Å². The number of amidine groups is 1. The maximum absolute atomic E-state index is 12.4. The molecule has 2 heterocycles. The number of amides is 1. The maximum Gasteiger partial charge on any atom is 0.263 e. The Balaban J connectivity index is 1.55. The van der Waals surface area contributed by atoms with E-state index in [-0.39, 0.29) is 22.3 Å². The number of rotatable bonds is 4. The molecule has 3 N–H and O–H groups in total. The number of hydrogen-bond donors (Lipinski definition) is 2. The van der Waals surface area contributed by atoms with E-state index in [0.717, 1.165) is 6.42 Å². The number of hydrogen-bond acceptors (Lipinski definition) is 5. The van der Waals surface area contributed by atoms with Crippen molar-refractivity contribution < 1.29 is 13.2 Å². The van der Waals surface area contributed by atoms with E-state index >= 15 is 0 Å². The molecule has 1 fully saturated rings. The van der Waals surface area contributed by atoms with Gasteiger partial charge < -0.3 is 10.6 Å². The molecule has 0 saturated carbocycles. The van der Waals surface area contributed by atoms with Crippen LogP contribution in [0.1, 0.15) is 38.7 Å². The second kappa shape index (κ2) is 7.00. The van der Waals surface area contributed by atoms with Crippen molar-refractivity contribution in [2.24, 2.45) is 16.1 Å². The van der Waals surface area contributed by atoms with Gasteiger partial charge in [-0.05, 0) is 30.4 Å². The largest absolute Gasteiger partial charge is 0.342 e. The van der Waals surface area contributed by atoms with Crippen LogP contribution < -0.4 is 10.5 Å². The van der Waals surface area contributed by atoms with Gasteiger partial charge in [0.25, 0.3) is 10.0 Å². The normalized spacial score (nSPS) is 25.0. The van der Waals surface area contributed by atoms with Crippen LogP contribution in [-0.2, 0) is 14.8 Å². The molecule has 1 saturated heterocycles. The number of piperidine rings is 1. The van der Waals surface area contributed by atoms with Crippen LogP contribution in [0.25, 0.3) is 0 Å². The van der Waals surface area contributed by atoms with Gasteiger partial charge >= 0.3 is 0 Å². The number of carbonyl (C=O) groups excluding carboxylic acids is 1. The predicted octanol–water partition coefficient (Wildman–Crippen LogP) is 1.09. The number of benzene rings is 1. The summed E-state index contributed by atoms with van der Waals surface area (Å²) in [7, 11) is -3.51. The van der Waals surface area contributed by atoms with E-state index in [9.17, 15) is 13.2 Å². The van der Waals surface area contributed by atoms with Crippen LogP contribution >= 0.6 is 0 Å². The highest BCUT2D eigenvalue weighted by Gasteiger charge is 2.35. The van der Waals surface area contributed by atoms with Crippen LogP contribution in [0.5, 0.6) is 0 Å². The second-order valence-corrected chi connectivity index (χ2v) is 9.29. The van der Waals surface area contributed by atoms with Gasteiger partial charge in [0, 0.05) is 37.7 Å². The lowest BCUT2D eigenvalue weighted by Crippen LogP contribution is -2.53. The van der Waals surface area contributed by atoms with Gasteiger partial charge in [0.15, 0.2) is 0 Å². The van der Waals surface area contributed by atoms with Crippen LogP contribution in [0, 0.1) is 5.41 Å². The van der Waals surface area contributed by atoms with Gasteiger partial charge in [-0.3, -0.25) is 14.5 Å². The van der Waals surface area contributed by atoms with Crippen LogP contribution in [-0.4, -0.2) is 50.7 Å². The molecule has 8 heteroatoms. The monoisotopic (exact) mass is 378 g/mol. The van der Waals surface area contributed by atoms with E-state index in [4.69, 9.17) is 5.73 Å². The third-order valence-corrected chi connectivity index (χ3v) is 6.54. The maximum atomic E-state index is 12.4. The van der Waals surface area contributed by atoms with Gasteiger partial charge in [-0.15, -0.1) is 0 Å². The molecule has 0 aromatic heterocycles. The Morgan fingerprint density at radius 1 is 1.38 bits per heavy atom. The molecule has 0 radical (unpaired) electrons. The van der Waals surface area contributed by atoms with Crippen molar-refractivity contribution >= 4 is 21.8 Å². The fraction of sp³-hybridized carbons (Fsp3) is 0.556. The molecule has 0 aliphatic carbocycles. The summed E-state index contributed by atoms with van der Waals surface area (Å²) < 4.78 is 26.5. The minimum atomic E-state index is -3.51. The highest BCUT2D eigenvalue weighted by Crippen LogP contribution is 2.28. The summed E-state index contributed by atoms with van der Waals surface area (Å²) >= 11 is 0. The zero-order valence-electron chi connectivity index (χ0n) is 15.2. The Hall–Kier alpha value is -1.93. The van der Waals surface area contributed by atoms with Crippen LogP contribution in [0.4, 0.5) is 0 Å². The topological polar surface area (TPSA) is 105 Å². The Bertz CT molecular complexity index is 833. The number of nitrogens with two attached hydrogens (primary N) is 1. The predicted molar refractivity (Wildman–Crippen MR) is 100 cm³/mol. The van der Waals surface area contributed by atoms with Crippen molar-refractivity contribution in [3.63, 3.8) is 0 Å². The fourth-order valence-electron chi connectivity index (χ4n) is 3.42. The number of nitrogens with one attached hydrogen (secondary N) is 1. The lowest BCUT2D eigenvalue weighted by atomic mass is 9.79. The van der Waals surface area contributed by atoms with E-state index in [0.29, 0.717) is 43.9 Å². The molecule has 0 bridgehead atoms. The smallest absolute Gasteiger partial charge is 0.263 e. The summed E-state index contributed by atoms with van der Waals surface area (Å²) in [6.07, 6.45) is 1.80. The first kappa shape index (κ1) is 18.8. The van der Waals surface area contributed by atoms with Crippen molar-refractivity contribution in [1.29, 1.82) is 0 Å². The summed E-state index contributed by atoms with van der Waals surface area (Å²) in [6, 6.07) is 6.88. The van der Waals surface area contributed by atoms with Gasteiger partial charge in [-0.1, -0.05) is 26.0 Å². The van der Waals surface area contributed by atoms with Crippen LogP contribution in [0.2, 0.25) is 0 Å². The van der Waals surface area contributed by atoms with E-state index in [1.54, 1.807) is 24.3 Å². The molecule has 1 atom stereocenters. The Kier molecular flexibility index (Phi) is 5.07. The highest BCUT2D eigenvalue weighted by molar-refractivity contribution is 7.90. The van der Waals surface area contributed by atoms with Crippen molar-refractivity contribution in [1.82, 2.24) is 9.62 Å². The summed E-state index contributed by atoms with van der Waals surface area (Å²) in [6.45, 7) is 5.95. The molecule has 142 valence electrons. The van der Waals surface area contributed by atoms with Crippen molar-refractivity contribution in [2.75, 3.05) is 19.6 Å². The first-order chi connectivity index (χ1) is 12.2. The summed E-state index contributed by atoms with van der Waals surface area (Å²) in [5.74, 6) is 0.468. The third-order valence-electron chi connectivity index (χ3n) is 5.15.